The van der Waals surface area contributed by atoms with Gasteiger partial charge in [0.05, 0.1) is 28.9 Å². The Kier molecular flexibility index (Phi) is 5.84. The lowest BCUT2D eigenvalue weighted by atomic mass is 10.0. The fourth-order valence-corrected chi connectivity index (χ4v) is 5.36. The molecule has 2 atom stereocenters. The lowest BCUT2D eigenvalue weighted by Crippen LogP contribution is -2.59. The van der Waals surface area contributed by atoms with Crippen LogP contribution in [0.3, 0.4) is 0 Å². The third-order valence-corrected chi connectivity index (χ3v) is 7.58. The van der Waals surface area contributed by atoms with Crippen molar-refractivity contribution < 1.29 is 27.1 Å². The van der Waals surface area contributed by atoms with Gasteiger partial charge < -0.3 is 19.9 Å². The number of carbonyl (C=O) groups excluding carboxylic acids is 1. The minimum Gasteiger partial charge on any atom is -0.489 e. The van der Waals surface area contributed by atoms with Crippen LogP contribution in [0.4, 0.5) is 29.1 Å². The lowest BCUT2D eigenvalue weighted by Gasteiger charge is -2.46. The number of nitrogens with zero attached hydrogens (tertiary/aromatic N) is 4. The molecule has 2 aromatic carbocycles. The van der Waals surface area contributed by atoms with Crippen molar-refractivity contribution in [3.05, 3.63) is 53.1 Å². The van der Waals surface area contributed by atoms with Gasteiger partial charge in [0.1, 0.15) is 29.8 Å². The number of hydrogen-bond donors (Lipinski definition) is 1. The summed E-state index contributed by atoms with van der Waals surface area (Å²) in [6, 6.07) is 6.89. The van der Waals surface area contributed by atoms with E-state index < -0.39 is 35.4 Å². The van der Waals surface area contributed by atoms with E-state index in [0.717, 1.165) is 11.8 Å². The topological polar surface area (TPSA) is 70.6 Å². The van der Waals surface area contributed by atoms with Crippen molar-refractivity contribution in [3.63, 3.8) is 0 Å². The highest BCUT2D eigenvalue weighted by molar-refractivity contribution is 5.94. The molecule has 1 aromatic heterocycles. The Morgan fingerprint density at radius 3 is 2.68 bits per heavy atom. The highest BCUT2D eigenvalue weighted by Gasteiger charge is 2.53. The van der Waals surface area contributed by atoms with Gasteiger partial charge in [0.2, 0.25) is 0 Å². The van der Waals surface area contributed by atoms with Crippen molar-refractivity contribution in [2.24, 2.45) is 0 Å². The molecule has 1 saturated carbocycles. The van der Waals surface area contributed by atoms with Gasteiger partial charge in [-0.3, -0.25) is 4.79 Å². The molecule has 0 radical (unpaired) electrons. The molecule has 0 bridgehead atoms. The third-order valence-electron chi connectivity index (χ3n) is 7.58. The van der Waals surface area contributed by atoms with Gasteiger partial charge in [-0.1, -0.05) is 18.2 Å². The molecule has 3 heterocycles. The second-order valence-corrected chi connectivity index (χ2v) is 10.2. The zero-order chi connectivity index (χ0) is 26.8. The van der Waals surface area contributed by atoms with Gasteiger partial charge in [-0.25, -0.2) is 27.5 Å². The van der Waals surface area contributed by atoms with Crippen molar-refractivity contribution in [1.82, 2.24) is 14.9 Å². The molecular formula is C27H27F4N5O2. The molecule has 0 spiro atoms. The summed E-state index contributed by atoms with van der Waals surface area (Å²) in [6.45, 7) is 5.07. The normalized spacial score (nSPS) is 20.6. The molecule has 1 saturated heterocycles. The Morgan fingerprint density at radius 1 is 1.18 bits per heavy atom. The Balaban J connectivity index is 1.31. The number of nitrogens with one attached hydrogen (secondary N) is 1. The number of piperazine rings is 1. The van der Waals surface area contributed by atoms with Gasteiger partial charge in [0, 0.05) is 36.7 Å². The molecule has 1 amide bonds. The summed E-state index contributed by atoms with van der Waals surface area (Å²) in [7, 11) is 0. The van der Waals surface area contributed by atoms with E-state index in [-0.39, 0.29) is 24.4 Å². The highest BCUT2D eigenvalue weighted by Crippen LogP contribution is 2.43. The average molecular weight is 530 g/mol. The Labute approximate surface area is 216 Å². The number of alkyl halides is 3. The van der Waals surface area contributed by atoms with Crippen molar-refractivity contribution in [2.45, 2.75) is 50.9 Å². The fourth-order valence-electron chi connectivity index (χ4n) is 5.36. The molecule has 38 heavy (non-hydrogen) atoms. The number of aromatic nitrogens is 2. The standard InChI is InChI=1S/C27H27F4N5O2/c1-14(17-4-3-5-18(23(17)28)24(29)30)32-25-19-10-21-22(11-20(19)33-15(2)34-25)38-13-16-12-35(8-9-36(16)21)26(37)27(31)6-7-27/h3-5,10-11,14,16,24H,6-9,12-13H2,1-2H3,(H,32,33,34)/t14-,16-/m1/s1. The number of rotatable bonds is 5. The first-order valence-corrected chi connectivity index (χ1v) is 12.7. The zero-order valence-electron chi connectivity index (χ0n) is 21.0. The summed E-state index contributed by atoms with van der Waals surface area (Å²) in [5.41, 5.74) is -0.817. The van der Waals surface area contributed by atoms with Crippen LogP contribution in [-0.2, 0) is 4.79 Å². The molecular weight excluding hydrogens is 502 g/mol. The molecule has 11 heteroatoms. The average Bonchev–Trinajstić information content (AvgIpc) is 3.65. The summed E-state index contributed by atoms with van der Waals surface area (Å²) in [4.78, 5) is 25.4. The van der Waals surface area contributed by atoms with Crippen molar-refractivity contribution >= 4 is 28.3 Å². The molecule has 200 valence electrons. The van der Waals surface area contributed by atoms with E-state index in [4.69, 9.17) is 4.74 Å². The highest BCUT2D eigenvalue weighted by atomic mass is 19.3. The molecule has 3 aromatic rings. The lowest BCUT2D eigenvalue weighted by molar-refractivity contribution is -0.139. The van der Waals surface area contributed by atoms with Crippen LogP contribution in [0.1, 0.15) is 49.2 Å². The number of halogens is 4. The van der Waals surface area contributed by atoms with Gasteiger partial charge >= 0.3 is 0 Å². The summed E-state index contributed by atoms with van der Waals surface area (Å²) in [5.74, 6) is 0.183. The van der Waals surface area contributed by atoms with E-state index in [2.05, 4.69) is 20.2 Å². The van der Waals surface area contributed by atoms with Gasteiger partial charge in [-0.15, -0.1) is 0 Å². The monoisotopic (exact) mass is 529 g/mol. The number of amides is 1. The maximum Gasteiger partial charge on any atom is 0.266 e. The van der Waals surface area contributed by atoms with Gasteiger partial charge in [0.25, 0.3) is 12.3 Å². The van der Waals surface area contributed by atoms with Gasteiger partial charge in [0.15, 0.2) is 5.67 Å². The predicted octanol–water partition coefficient (Wildman–Crippen LogP) is 5.10. The first-order chi connectivity index (χ1) is 18.1. The van der Waals surface area contributed by atoms with Crippen LogP contribution in [0, 0.1) is 12.7 Å². The second kappa shape index (κ2) is 8.99. The summed E-state index contributed by atoms with van der Waals surface area (Å²) in [5, 5.41) is 3.85. The molecule has 1 aliphatic carbocycles. The van der Waals surface area contributed by atoms with Crippen LogP contribution >= 0.6 is 0 Å². The number of aryl methyl sites for hydroxylation is 1. The molecule has 3 aliphatic rings. The second-order valence-electron chi connectivity index (χ2n) is 10.2. The smallest absolute Gasteiger partial charge is 0.266 e. The number of benzene rings is 2. The summed E-state index contributed by atoms with van der Waals surface area (Å²) >= 11 is 0. The molecule has 1 N–H and O–H groups in total. The van der Waals surface area contributed by atoms with E-state index >= 15 is 0 Å². The third kappa shape index (κ3) is 4.17. The summed E-state index contributed by atoms with van der Waals surface area (Å²) in [6.07, 6.45) is -2.35. The van der Waals surface area contributed by atoms with Crippen LogP contribution in [0.25, 0.3) is 10.9 Å². The first kappa shape index (κ1) is 24.7. The van der Waals surface area contributed by atoms with Crippen LogP contribution in [0.2, 0.25) is 0 Å². The Bertz CT molecular complexity index is 1430. The number of fused-ring (bicyclic) bond motifs is 4. The van der Waals surface area contributed by atoms with Crippen molar-refractivity contribution in [1.29, 1.82) is 0 Å². The summed E-state index contributed by atoms with van der Waals surface area (Å²) < 4.78 is 61.7. The van der Waals surface area contributed by atoms with Crippen LogP contribution in [0.15, 0.2) is 30.3 Å². The van der Waals surface area contributed by atoms with E-state index in [1.807, 2.05) is 12.1 Å². The molecule has 2 fully saturated rings. The minimum atomic E-state index is -2.92. The van der Waals surface area contributed by atoms with Crippen LogP contribution in [-0.4, -0.2) is 58.7 Å². The van der Waals surface area contributed by atoms with Gasteiger partial charge in [-0.2, -0.15) is 0 Å². The van der Waals surface area contributed by atoms with E-state index in [0.29, 0.717) is 54.5 Å². The van der Waals surface area contributed by atoms with Gasteiger partial charge in [-0.05, 0) is 32.8 Å². The van der Waals surface area contributed by atoms with E-state index in [1.54, 1.807) is 18.7 Å². The largest absolute Gasteiger partial charge is 0.489 e. The SMILES string of the molecule is Cc1nc(N[C@H](C)c2cccc(C(F)F)c2F)c2cc3c(cc2n1)OC[C@H]1CN(C(=O)C2(F)CC2)CCN31. The zero-order valence-corrected chi connectivity index (χ0v) is 21.0. The Morgan fingerprint density at radius 2 is 1.95 bits per heavy atom. The number of hydrogen-bond acceptors (Lipinski definition) is 6. The van der Waals surface area contributed by atoms with Crippen LogP contribution < -0.4 is 15.0 Å². The number of ether oxygens (including phenoxy) is 1. The quantitative estimate of drug-likeness (QED) is 0.464. The van der Waals surface area contributed by atoms with Crippen molar-refractivity contribution in [2.75, 3.05) is 36.5 Å². The molecule has 0 unspecified atom stereocenters. The van der Waals surface area contributed by atoms with E-state index in [1.165, 1.54) is 12.1 Å². The Hall–Kier alpha value is -3.63. The van der Waals surface area contributed by atoms with Crippen LogP contribution in [0.5, 0.6) is 5.75 Å². The molecule has 7 nitrogen and oxygen atoms in total. The molecule has 2 aliphatic heterocycles. The maximum absolute atomic E-state index is 14.8. The predicted molar refractivity (Wildman–Crippen MR) is 134 cm³/mol. The molecule has 6 rings (SSSR count). The minimum absolute atomic E-state index is 0.107. The fraction of sp³-hybridized carbons (Fsp3) is 0.444. The first-order valence-electron chi connectivity index (χ1n) is 12.7. The number of carbonyl (C=O) groups is 1. The number of anilines is 2. The van der Waals surface area contributed by atoms with E-state index in [9.17, 15) is 22.4 Å². The maximum atomic E-state index is 14.8. The van der Waals surface area contributed by atoms with Crippen molar-refractivity contribution in [3.8, 4) is 5.75 Å².